The average Bonchev–Trinajstić information content (AvgIpc) is 2.60. The second kappa shape index (κ2) is 5.53. The lowest BCUT2D eigenvalue weighted by atomic mass is 10.0. The van der Waals surface area contributed by atoms with E-state index in [0.717, 1.165) is 6.42 Å². The number of imidazole rings is 1. The third kappa shape index (κ3) is 4.77. The van der Waals surface area contributed by atoms with Gasteiger partial charge < -0.3 is 10.3 Å². The smallest absolute Gasteiger partial charge is 0.333 e. The van der Waals surface area contributed by atoms with Crippen LogP contribution in [0.25, 0.3) is 0 Å². The van der Waals surface area contributed by atoms with Crippen molar-refractivity contribution in [3.63, 3.8) is 0 Å². The van der Waals surface area contributed by atoms with Gasteiger partial charge in [0.1, 0.15) is 0 Å². The van der Waals surface area contributed by atoms with Crippen LogP contribution in [-0.2, 0) is 6.54 Å². The van der Waals surface area contributed by atoms with E-state index >= 15 is 0 Å². The third-order valence-electron chi connectivity index (χ3n) is 2.49. The van der Waals surface area contributed by atoms with E-state index < -0.39 is 12.6 Å². The number of halogens is 3. The van der Waals surface area contributed by atoms with E-state index in [9.17, 15) is 13.2 Å². The van der Waals surface area contributed by atoms with Crippen molar-refractivity contribution in [2.75, 3.05) is 0 Å². The molecule has 0 fully saturated rings. The lowest BCUT2D eigenvalue weighted by molar-refractivity contribution is -0.136. The monoisotopic (exact) mass is 249 g/mol. The maximum Gasteiger partial charge on any atom is 0.390 e. The van der Waals surface area contributed by atoms with Crippen LogP contribution in [-0.4, -0.2) is 15.7 Å². The van der Waals surface area contributed by atoms with Gasteiger partial charge >= 0.3 is 6.18 Å². The zero-order valence-corrected chi connectivity index (χ0v) is 10.0. The van der Waals surface area contributed by atoms with Crippen LogP contribution in [0.15, 0.2) is 12.5 Å². The maximum atomic E-state index is 12.1. The Labute approximate surface area is 98.8 Å². The molecule has 1 heterocycles. The molecule has 0 aromatic carbocycles. The summed E-state index contributed by atoms with van der Waals surface area (Å²) in [6.07, 6.45) is -1.32. The highest BCUT2D eigenvalue weighted by molar-refractivity contribution is 5.04. The molecule has 0 amide bonds. The molecule has 1 aromatic rings. The Morgan fingerprint density at radius 3 is 2.59 bits per heavy atom. The zero-order chi connectivity index (χ0) is 13.1. The SMILES string of the molecule is CC(C)CC(N)c1cncn1CCC(F)(F)F. The summed E-state index contributed by atoms with van der Waals surface area (Å²) in [5, 5.41) is 0. The van der Waals surface area contributed by atoms with Crippen molar-refractivity contribution in [2.45, 2.75) is 45.5 Å². The van der Waals surface area contributed by atoms with E-state index in [4.69, 9.17) is 5.73 Å². The predicted octanol–water partition coefficient (Wildman–Crippen LogP) is 2.88. The number of rotatable bonds is 5. The minimum Gasteiger partial charge on any atom is -0.333 e. The number of hydrogen-bond donors (Lipinski definition) is 1. The van der Waals surface area contributed by atoms with Crippen molar-refractivity contribution in [2.24, 2.45) is 11.7 Å². The van der Waals surface area contributed by atoms with Crippen molar-refractivity contribution >= 4 is 0 Å². The molecule has 0 spiro atoms. The molecule has 1 atom stereocenters. The first-order valence-corrected chi connectivity index (χ1v) is 5.62. The van der Waals surface area contributed by atoms with Crippen LogP contribution in [0.2, 0.25) is 0 Å². The Morgan fingerprint density at radius 2 is 2.06 bits per heavy atom. The van der Waals surface area contributed by atoms with Crippen LogP contribution >= 0.6 is 0 Å². The Hall–Kier alpha value is -1.04. The van der Waals surface area contributed by atoms with Gasteiger partial charge in [-0.2, -0.15) is 13.2 Å². The summed E-state index contributed by atoms with van der Waals surface area (Å²) in [4.78, 5) is 3.87. The number of aromatic nitrogens is 2. The van der Waals surface area contributed by atoms with Crippen molar-refractivity contribution in [3.8, 4) is 0 Å². The number of hydrogen-bond acceptors (Lipinski definition) is 2. The van der Waals surface area contributed by atoms with Crippen molar-refractivity contribution < 1.29 is 13.2 Å². The standard InChI is InChI=1S/C11H18F3N3/c1-8(2)5-9(15)10-6-16-7-17(10)4-3-11(12,13)14/h6-9H,3-5,15H2,1-2H3. The predicted molar refractivity (Wildman–Crippen MR) is 59.3 cm³/mol. The minimum absolute atomic E-state index is 0.120. The quantitative estimate of drug-likeness (QED) is 0.872. The highest BCUT2D eigenvalue weighted by Gasteiger charge is 2.27. The van der Waals surface area contributed by atoms with Gasteiger partial charge in [0.15, 0.2) is 0 Å². The second-order valence-electron chi connectivity index (χ2n) is 4.61. The van der Waals surface area contributed by atoms with E-state index in [1.165, 1.54) is 10.9 Å². The van der Waals surface area contributed by atoms with Crippen molar-refractivity contribution in [1.82, 2.24) is 9.55 Å². The molecular weight excluding hydrogens is 231 g/mol. The third-order valence-corrected chi connectivity index (χ3v) is 2.49. The summed E-state index contributed by atoms with van der Waals surface area (Å²) >= 11 is 0. The number of alkyl halides is 3. The molecule has 1 unspecified atom stereocenters. The molecule has 0 bridgehead atoms. The fourth-order valence-electron chi connectivity index (χ4n) is 1.70. The van der Waals surface area contributed by atoms with Gasteiger partial charge in [0.05, 0.1) is 18.4 Å². The first-order chi connectivity index (χ1) is 7.79. The Kier molecular flexibility index (Phi) is 4.56. The van der Waals surface area contributed by atoms with Gasteiger partial charge in [0.25, 0.3) is 0 Å². The van der Waals surface area contributed by atoms with Crippen LogP contribution in [0.5, 0.6) is 0 Å². The van der Waals surface area contributed by atoms with Crippen LogP contribution < -0.4 is 5.73 Å². The highest BCUT2D eigenvalue weighted by Crippen LogP contribution is 2.23. The first kappa shape index (κ1) is 14.0. The largest absolute Gasteiger partial charge is 0.390 e. The molecule has 0 aliphatic heterocycles. The van der Waals surface area contributed by atoms with Crippen LogP contribution in [0, 0.1) is 5.92 Å². The minimum atomic E-state index is -4.15. The van der Waals surface area contributed by atoms with Crippen LogP contribution in [0.1, 0.15) is 38.4 Å². The molecule has 0 aliphatic rings. The second-order valence-corrected chi connectivity index (χ2v) is 4.61. The van der Waals surface area contributed by atoms with Gasteiger partial charge in [-0.3, -0.25) is 0 Å². The van der Waals surface area contributed by atoms with Gasteiger partial charge in [-0.15, -0.1) is 0 Å². The normalized spacial score (nSPS) is 14.3. The fraction of sp³-hybridized carbons (Fsp3) is 0.727. The average molecular weight is 249 g/mol. The van der Waals surface area contributed by atoms with E-state index in [0.29, 0.717) is 11.6 Å². The first-order valence-electron chi connectivity index (χ1n) is 5.62. The highest BCUT2D eigenvalue weighted by atomic mass is 19.4. The molecule has 1 aromatic heterocycles. The lowest BCUT2D eigenvalue weighted by Crippen LogP contribution is -2.19. The maximum absolute atomic E-state index is 12.1. The summed E-state index contributed by atoms with van der Waals surface area (Å²) in [6, 6.07) is -0.259. The number of nitrogens with zero attached hydrogens (tertiary/aromatic N) is 2. The molecule has 6 heteroatoms. The van der Waals surface area contributed by atoms with Crippen molar-refractivity contribution in [1.29, 1.82) is 0 Å². The molecule has 0 aliphatic carbocycles. The van der Waals surface area contributed by atoms with Gasteiger partial charge in [-0.1, -0.05) is 13.8 Å². The molecule has 3 nitrogen and oxygen atoms in total. The Balaban J connectivity index is 2.65. The Morgan fingerprint density at radius 1 is 1.41 bits per heavy atom. The summed E-state index contributed by atoms with van der Waals surface area (Å²) < 4.78 is 37.9. The molecule has 2 N–H and O–H groups in total. The molecule has 1 rings (SSSR count). The van der Waals surface area contributed by atoms with Gasteiger partial charge in [0, 0.05) is 18.8 Å². The summed E-state index contributed by atoms with van der Waals surface area (Å²) in [5.74, 6) is 0.399. The van der Waals surface area contributed by atoms with Crippen LogP contribution in [0.3, 0.4) is 0 Å². The van der Waals surface area contributed by atoms with Crippen LogP contribution in [0.4, 0.5) is 13.2 Å². The molecular formula is C11H18F3N3. The lowest BCUT2D eigenvalue weighted by Gasteiger charge is -2.17. The number of aryl methyl sites for hydroxylation is 1. The molecule has 0 radical (unpaired) electrons. The molecule has 0 saturated heterocycles. The number of nitrogens with two attached hydrogens (primary N) is 1. The van der Waals surface area contributed by atoms with Gasteiger partial charge in [-0.25, -0.2) is 4.98 Å². The molecule has 0 saturated carbocycles. The summed E-state index contributed by atoms with van der Waals surface area (Å²) in [6.45, 7) is 3.93. The molecule has 98 valence electrons. The fourth-order valence-corrected chi connectivity index (χ4v) is 1.70. The zero-order valence-electron chi connectivity index (χ0n) is 10.0. The van der Waals surface area contributed by atoms with Crippen molar-refractivity contribution in [3.05, 3.63) is 18.2 Å². The van der Waals surface area contributed by atoms with E-state index in [2.05, 4.69) is 4.98 Å². The van der Waals surface area contributed by atoms with E-state index in [1.54, 1.807) is 6.20 Å². The topological polar surface area (TPSA) is 43.8 Å². The van der Waals surface area contributed by atoms with Gasteiger partial charge in [0.2, 0.25) is 0 Å². The molecule has 17 heavy (non-hydrogen) atoms. The van der Waals surface area contributed by atoms with Gasteiger partial charge in [-0.05, 0) is 12.3 Å². The summed E-state index contributed by atoms with van der Waals surface area (Å²) in [7, 11) is 0. The van der Waals surface area contributed by atoms with E-state index in [-0.39, 0.29) is 12.6 Å². The summed E-state index contributed by atoms with van der Waals surface area (Å²) in [5.41, 5.74) is 6.61. The Bertz CT molecular complexity index is 344. The van der Waals surface area contributed by atoms with E-state index in [1.807, 2.05) is 13.8 Å².